The minimum Gasteiger partial charge on any atom is -0.618 e. The zero-order chi connectivity index (χ0) is 9.14. The molecule has 5 nitrogen and oxygen atoms in total. The van der Waals surface area contributed by atoms with E-state index in [9.17, 15) is 10.0 Å². The smallest absolute Gasteiger partial charge is 0.315 e. The first-order valence-corrected chi connectivity index (χ1v) is 3.28. The van der Waals surface area contributed by atoms with Gasteiger partial charge in [0.2, 0.25) is 0 Å². The average Bonchev–Trinajstić information content (AvgIpc) is 2.03. The van der Waals surface area contributed by atoms with Crippen LogP contribution in [0.15, 0.2) is 18.3 Å². The summed E-state index contributed by atoms with van der Waals surface area (Å²) in [4.78, 5) is 10.7. The zero-order valence-corrected chi connectivity index (χ0v) is 6.23. The van der Waals surface area contributed by atoms with Crippen LogP contribution < -0.4 is 10.5 Å². The topological polar surface area (TPSA) is 90.3 Å². The molecule has 0 radical (unpaired) electrons. The van der Waals surface area contributed by atoms with E-state index in [2.05, 4.69) is 0 Å². The number of nitrogens with zero attached hydrogens (tertiary/aromatic N) is 1. The van der Waals surface area contributed by atoms with Crippen molar-refractivity contribution in [2.45, 2.75) is 6.61 Å². The minimum atomic E-state index is -0.838. The molecule has 0 aliphatic rings. The van der Waals surface area contributed by atoms with E-state index >= 15 is 0 Å². The largest absolute Gasteiger partial charge is 0.618 e. The lowest BCUT2D eigenvalue weighted by Crippen LogP contribution is -2.38. The molecule has 0 fully saturated rings. The van der Waals surface area contributed by atoms with Crippen LogP contribution in [0.5, 0.6) is 0 Å². The highest BCUT2D eigenvalue weighted by molar-refractivity contribution is 5.90. The van der Waals surface area contributed by atoms with Crippen LogP contribution in [0.25, 0.3) is 0 Å². The molecule has 0 atom stereocenters. The molecule has 1 aromatic rings. The summed E-state index contributed by atoms with van der Waals surface area (Å²) in [6.45, 7) is -0.374. The molecule has 0 bridgehead atoms. The lowest BCUT2D eigenvalue weighted by atomic mass is 10.2. The third-order valence-corrected chi connectivity index (χ3v) is 1.45. The van der Waals surface area contributed by atoms with Crippen molar-refractivity contribution in [2.24, 2.45) is 5.73 Å². The van der Waals surface area contributed by atoms with Crippen molar-refractivity contribution in [1.29, 1.82) is 0 Å². The summed E-state index contributed by atoms with van der Waals surface area (Å²) >= 11 is 0. The summed E-state index contributed by atoms with van der Waals surface area (Å²) < 4.78 is 0.341. The van der Waals surface area contributed by atoms with Crippen LogP contribution in [0.4, 0.5) is 0 Å². The van der Waals surface area contributed by atoms with Crippen LogP contribution in [0, 0.1) is 5.21 Å². The van der Waals surface area contributed by atoms with Gasteiger partial charge in [0.05, 0.1) is 12.2 Å². The van der Waals surface area contributed by atoms with Gasteiger partial charge in [-0.1, -0.05) is 0 Å². The minimum absolute atomic E-state index is 0.208. The Morgan fingerprint density at radius 3 is 2.83 bits per heavy atom. The molecule has 3 N–H and O–H groups in total. The van der Waals surface area contributed by atoms with Crippen LogP contribution in [-0.4, -0.2) is 11.0 Å². The molecule has 1 heterocycles. The summed E-state index contributed by atoms with van der Waals surface area (Å²) in [5, 5.41) is 19.7. The number of amides is 1. The normalized spacial score (nSPS) is 9.75. The summed E-state index contributed by atoms with van der Waals surface area (Å²) in [6, 6.07) is 2.90. The third-order valence-electron chi connectivity index (χ3n) is 1.45. The number of rotatable bonds is 2. The van der Waals surface area contributed by atoms with Crippen molar-refractivity contribution in [3.8, 4) is 0 Å². The number of carbonyl (C=O) groups excluding carboxylic acids is 1. The van der Waals surface area contributed by atoms with Gasteiger partial charge in [-0.15, -0.1) is 0 Å². The fourth-order valence-corrected chi connectivity index (χ4v) is 0.927. The molecule has 64 valence electrons. The van der Waals surface area contributed by atoms with E-state index in [-0.39, 0.29) is 17.9 Å². The van der Waals surface area contributed by atoms with Crippen molar-refractivity contribution in [3.63, 3.8) is 0 Å². The van der Waals surface area contributed by atoms with Gasteiger partial charge in [0.15, 0.2) is 6.20 Å². The predicted molar refractivity (Wildman–Crippen MR) is 39.8 cm³/mol. The van der Waals surface area contributed by atoms with Crippen LogP contribution in [0.3, 0.4) is 0 Å². The van der Waals surface area contributed by atoms with E-state index in [1.54, 1.807) is 0 Å². The highest BCUT2D eigenvalue weighted by atomic mass is 16.5. The van der Waals surface area contributed by atoms with E-state index in [0.717, 1.165) is 6.20 Å². The van der Waals surface area contributed by atoms with Gasteiger partial charge in [-0.05, 0) is 6.07 Å². The highest BCUT2D eigenvalue weighted by Crippen LogP contribution is 2.01. The Hall–Kier alpha value is -1.62. The number of primary amides is 1. The van der Waals surface area contributed by atoms with Crippen LogP contribution in [0.1, 0.15) is 16.1 Å². The molecule has 0 saturated carbocycles. The molecule has 12 heavy (non-hydrogen) atoms. The quantitative estimate of drug-likeness (QED) is 0.434. The van der Waals surface area contributed by atoms with Crippen LogP contribution >= 0.6 is 0 Å². The Balaban J connectivity index is 3.29. The third kappa shape index (κ3) is 1.35. The van der Waals surface area contributed by atoms with Crippen molar-refractivity contribution >= 4 is 5.91 Å². The molecule has 0 aliphatic carbocycles. The number of aromatic nitrogens is 1. The number of aliphatic hydroxyl groups is 1. The summed E-state index contributed by atoms with van der Waals surface area (Å²) in [5.74, 6) is -0.838. The Kier molecular flexibility index (Phi) is 2.25. The number of hydrogen-bond acceptors (Lipinski definition) is 3. The molecule has 1 amide bonds. The van der Waals surface area contributed by atoms with Crippen molar-refractivity contribution < 1.29 is 14.6 Å². The Morgan fingerprint density at radius 1 is 1.75 bits per heavy atom. The van der Waals surface area contributed by atoms with Crippen molar-refractivity contribution in [3.05, 3.63) is 34.8 Å². The number of nitrogens with two attached hydrogens (primary N) is 1. The number of aliphatic hydroxyl groups excluding tert-OH is 1. The highest BCUT2D eigenvalue weighted by Gasteiger charge is 2.16. The van der Waals surface area contributed by atoms with Crippen LogP contribution in [-0.2, 0) is 6.61 Å². The monoisotopic (exact) mass is 168 g/mol. The molecule has 1 rings (SSSR count). The fourth-order valence-electron chi connectivity index (χ4n) is 0.927. The molecule has 0 aliphatic heterocycles. The SMILES string of the molecule is NC(=O)c1c(CO)ccc[n+]1[O-]. The zero-order valence-electron chi connectivity index (χ0n) is 6.23. The van der Waals surface area contributed by atoms with E-state index in [0.29, 0.717) is 4.73 Å². The maximum Gasteiger partial charge on any atom is 0.315 e. The number of hydrogen-bond donors (Lipinski definition) is 2. The first-order valence-electron chi connectivity index (χ1n) is 3.28. The fraction of sp³-hybridized carbons (Fsp3) is 0.143. The van der Waals surface area contributed by atoms with Gasteiger partial charge in [0, 0.05) is 6.07 Å². The summed E-state index contributed by atoms with van der Waals surface area (Å²) in [6.07, 6.45) is 1.15. The van der Waals surface area contributed by atoms with Gasteiger partial charge >= 0.3 is 5.91 Å². The first kappa shape index (κ1) is 8.48. The van der Waals surface area contributed by atoms with Gasteiger partial charge in [-0.2, -0.15) is 4.73 Å². The van der Waals surface area contributed by atoms with E-state index < -0.39 is 5.91 Å². The van der Waals surface area contributed by atoms with Gasteiger partial charge in [-0.25, -0.2) is 0 Å². The standard InChI is InChI=1S/C7H8N2O3/c8-7(11)6-5(4-10)2-1-3-9(6)12/h1-3,10H,4H2,(H2,8,11). The second-order valence-corrected chi connectivity index (χ2v) is 2.23. The molecule has 0 saturated heterocycles. The average molecular weight is 168 g/mol. The van der Waals surface area contributed by atoms with E-state index in [4.69, 9.17) is 10.8 Å². The van der Waals surface area contributed by atoms with Crippen molar-refractivity contribution in [1.82, 2.24) is 0 Å². The van der Waals surface area contributed by atoms with E-state index in [1.807, 2.05) is 0 Å². The number of pyridine rings is 1. The second-order valence-electron chi connectivity index (χ2n) is 2.23. The lowest BCUT2D eigenvalue weighted by Gasteiger charge is -2.03. The van der Waals surface area contributed by atoms with Gasteiger partial charge in [0.1, 0.15) is 0 Å². The van der Waals surface area contributed by atoms with Crippen molar-refractivity contribution in [2.75, 3.05) is 0 Å². The summed E-state index contributed by atoms with van der Waals surface area (Å²) in [7, 11) is 0. The van der Waals surface area contributed by atoms with E-state index in [1.165, 1.54) is 12.1 Å². The molecule has 5 heteroatoms. The molecule has 0 unspecified atom stereocenters. The van der Waals surface area contributed by atoms with Gasteiger partial charge in [-0.3, -0.25) is 4.79 Å². The maximum absolute atomic E-state index is 10.9. The molecular weight excluding hydrogens is 160 g/mol. The van der Waals surface area contributed by atoms with Gasteiger partial charge in [0.25, 0.3) is 5.69 Å². The molecule has 1 aromatic heterocycles. The summed E-state index contributed by atoms with van der Waals surface area (Å²) in [5.41, 5.74) is 4.95. The Bertz CT molecular complexity index is 312. The Morgan fingerprint density at radius 2 is 2.42 bits per heavy atom. The molecule has 0 spiro atoms. The number of carbonyl (C=O) groups is 1. The second kappa shape index (κ2) is 3.19. The van der Waals surface area contributed by atoms with Crippen LogP contribution in [0.2, 0.25) is 0 Å². The first-order chi connectivity index (χ1) is 5.66. The predicted octanol–water partition coefficient (Wildman–Crippen LogP) is -1.09. The van der Waals surface area contributed by atoms with Gasteiger partial charge < -0.3 is 16.0 Å². The maximum atomic E-state index is 10.9. The molecule has 0 aromatic carbocycles. The lowest BCUT2D eigenvalue weighted by molar-refractivity contribution is -0.608. The molecular formula is C7H8N2O3. The Labute approximate surface area is 68.6 Å².